The fraction of sp³-hybridized carbons (Fsp3) is 0.278. The minimum Gasteiger partial charge on any atom is -0.417 e. The van der Waals surface area contributed by atoms with Crippen molar-refractivity contribution in [3.8, 4) is 0 Å². The summed E-state index contributed by atoms with van der Waals surface area (Å²) < 4.78 is 33.5. The fourth-order valence-electron chi connectivity index (χ4n) is 3.68. The largest absolute Gasteiger partial charge is 0.417 e. The first-order valence-electron chi connectivity index (χ1n) is 8.92. The monoisotopic (exact) mass is 399 g/mol. The van der Waals surface area contributed by atoms with E-state index in [1.807, 2.05) is 0 Å². The van der Waals surface area contributed by atoms with E-state index in [0.29, 0.717) is 24.4 Å². The Morgan fingerprint density at radius 3 is 3.00 bits per heavy atom. The molecule has 1 unspecified atom stereocenters. The summed E-state index contributed by atoms with van der Waals surface area (Å²) in [6, 6.07) is 3.76. The molecule has 148 valence electrons. The summed E-state index contributed by atoms with van der Waals surface area (Å²) in [5.41, 5.74) is 2.06. The fourth-order valence-corrected chi connectivity index (χ4v) is 3.68. The molecule has 1 amide bonds. The summed E-state index contributed by atoms with van der Waals surface area (Å²) in [4.78, 5) is 22.0. The molecule has 0 spiro atoms. The molecule has 5 heterocycles. The summed E-state index contributed by atoms with van der Waals surface area (Å²) in [6.07, 6.45) is 1.05. The number of rotatable bonds is 3. The minimum atomic E-state index is -2.64. The maximum absolute atomic E-state index is 13.4. The maximum atomic E-state index is 13.4. The molecule has 1 atom stereocenters. The van der Waals surface area contributed by atoms with Gasteiger partial charge in [-0.15, -0.1) is 10.2 Å². The third-order valence-corrected chi connectivity index (χ3v) is 4.96. The number of amides is 1. The zero-order valence-corrected chi connectivity index (χ0v) is 15.2. The standard InChI is InChI=1S/C18H15F2N7O2/c1-9-23-24-17(29-9)18(28)26-6-4-11-14(22-8-21-11)15(26)12-7-13-10(16(19)20)3-2-5-27(13)25-12/h2-3,5,7-8,15-16H,4,6H2,1H3,(H,21,22). The van der Waals surface area contributed by atoms with E-state index in [0.717, 1.165) is 5.69 Å². The van der Waals surface area contributed by atoms with Gasteiger partial charge in [0.15, 0.2) is 0 Å². The Morgan fingerprint density at radius 2 is 2.24 bits per heavy atom. The van der Waals surface area contributed by atoms with Crippen LogP contribution in [0, 0.1) is 6.92 Å². The van der Waals surface area contributed by atoms with Crippen LogP contribution in [-0.4, -0.2) is 47.1 Å². The van der Waals surface area contributed by atoms with Gasteiger partial charge in [-0.3, -0.25) is 4.79 Å². The van der Waals surface area contributed by atoms with Crippen LogP contribution in [0.3, 0.4) is 0 Å². The molecule has 1 aliphatic heterocycles. The number of H-pyrrole nitrogens is 1. The Balaban J connectivity index is 1.64. The molecular formula is C18H15F2N7O2. The van der Waals surface area contributed by atoms with Crippen molar-refractivity contribution in [2.45, 2.75) is 25.8 Å². The summed E-state index contributed by atoms with van der Waals surface area (Å²) in [5.74, 6) is -0.324. The van der Waals surface area contributed by atoms with Crippen molar-refractivity contribution in [1.82, 2.24) is 34.7 Å². The molecule has 9 nitrogen and oxygen atoms in total. The Bertz CT molecular complexity index is 1210. The Labute approximate surface area is 162 Å². The van der Waals surface area contributed by atoms with E-state index in [1.165, 1.54) is 21.5 Å². The highest BCUT2D eigenvalue weighted by atomic mass is 19.3. The average molecular weight is 399 g/mol. The highest BCUT2D eigenvalue weighted by molar-refractivity contribution is 5.90. The summed E-state index contributed by atoms with van der Waals surface area (Å²) >= 11 is 0. The van der Waals surface area contributed by atoms with Gasteiger partial charge in [-0.1, -0.05) is 0 Å². The van der Waals surface area contributed by atoms with Crippen molar-refractivity contribution in [2.75, 3.05) is 6.54 Å². The van der Waals surface area contributed by atoms with Crippen LogP contribution in [-0.2, 0) is 6.42 Å². The minimum absolute atomic E-state index is 0.130. The van der Waals surface area contributed by atoms with Crippen LogP contribution in [0.1, 0.15) is 51.7 Å². The zero-order chi connectivity index (χ0) is 20.1. The van der Waals surface area contributed by atoms with Crippen LogP contribution in [0.2, 0.25) is 0 Å². The lowest BCUT2D eigenvalue weighted by Crippen LogP contribution is -2.41. The highest BCUT2D eigenvalue weighted by Crippen LogP contribution is 2.35. The topological polar surface area (TPSA) is 105 Å². The van der Waals surface area contributed by atoms with E-state index in [2.05, 4.69) is 25.3 Å². The lowest BCUT2D eigenvalue weighted by Gasteiger charge is -2.32. The number of pyridine rings is 1. The van der Waals surface area contributed by atoms with E-state index >= 15 is 0 Å². The van der Waals surface area contributed by atoms with E-state index in [4.69, 9.17) is 4.42 Å². The van der Waals surface area contributed by atoms with Crippen molar-refractivity contribution in [3.05, 3.63) is 65.1 Å². The zero-order valence-electron chi connectivity index (χ0n) is 15.2. The predicted octanol–water partition coefficient (Wildman–Crippen LogP) is 2.47. The van der Waals surface area contributed by atoms with Crippen LogP contribution in [0.4, 0.5) is 8.78 Å². The van der Waals surface area contributed by atoms with Gasteiger partial charge in [-0.2, -0.15) is 5.10 Å². The number of aryl methyl sites for hydroxylation is 1. The third kappa shape index (κ3) is 2.77. The van der Waals surface area contributed by atoms with Gasteiger partial charge in [0.05, 0.1) is 23.2 Å². The Kier molecular flexibility index (Phi) is 3.89. The third-order valence-electron chi connectivity index (χ3n) is 4.96. The Hall–Kier alpha value is -3.63. The molecule has 0 aromatic carbocycles. The molecule has 0 bridgehead atoms. The van der Waals surface area contributed by atoms with Crippen molar-refractivity contribution < 1.29 is 18.0 Å². The maximum Gasteiger partial charge on any atom is 0.312 e. The lowest BCUT2D eigenvalue weighted by atomic mass is 9.99. The molecule has 4 aromatic heterocycles. The van der Waals surface area contributed by atoms with Crippen LogP contribution in [0.5, 0.6) is 0 Å². The molecule has 0 fully saturated rings. The van der Waals surface area contributed by atoms with Gasteiger partial charge in [-0.25, -0.2) is 18.3 Å². The molecule has 5 rings (SSSR count). The number of hydrogen-bond donors (Lipinski definition) is 1. The molecular weight excluding hydrogens is 384 g/mol. The highest BCUT2D eigenvalue weighted by Gasteiger charge is 2.38. The average Bonchev–Trinajstić information content (AvgIpc) is 3.44. The van der Waals surface area contributed by atoms with E-state index < -0.39 is 18.4 Å². The Morgan fingerprint density at radius 1 is 1.38 bits per heavy atom. The van der Waals surface area contributed by atoms with Gasteiger partial charge in [0.25, 0.3) is 6.43 Å². The van der Waals surface area contributed by atoms with Gasteiger partial charge in [0.1, 0.15) is 6.04 Å². The number of aromatic amines is 1. The number of hydrogen-bond acceptors (Lipinski definition) is 6. The molecule has 0 aliphatic carbocycles. The number of nitrogens with one attached hydrogen (secondary N) is 1. The van der Waals surface area contributed by atoms with Gasteiger partial charge < -0.3 is 14.3 Å². The first-order valence-corrected chi connectivity index (χ1v) is 8.92. The normalized spacial score (nSPS) is 16.6. The number of imidazole rings is 1. The molecule has 29 heavy (non-hydrogen) atoms. The van der Waals surface area contributed by atoms with E-state index in [9.17, 15) is 13.6 Å². The second-order valence-corrected chi connectivity index (χ2v) is 6.71. The van der Waals surface area contributed by atoms with E-state index in [-0.39, 0.29) is 22.9 Å². The van der Waals surface area contributed by atoms with Crippen molar-refractivity contribution in [1.29, 1.82) is 0 Å². The summed E-state index contributed by atoms with van der Waals surface area (Å²) in [7, 11) is 0. The molecule has 1 N–H and O–H groups in total. The quantitative estimate of drug-likeness (QED) is 0.567. The van der Waals surface area contributed by atoms with Crippen LogP contribution < -0.4 is 0 Å². The summed E-state index contributed by atoms with van der Waals surface area (Å²) in [6.45, 7) is 1.95. The molecule has 1 aliphatic rings. The SMILES string of the molecule is Cc1nnc(C(=O)N2CCc3[nH]cnc3C2c2cc3c(C(F)F)cccn3n2)o1. The molecule has 0 saturated carbocycles. The number of aromatic nitrogens is 6. The lowest BCUT2D eigenvalue weighted by molar-refractivity contribution is 0.0644. The van der Waals surface area contributed by atoms with Gasteiger partial charge in [0.2, 0.25) is 5.89 Å². The number of fused-ring (bicyclic) bond motifs is 2. The number of nitrogens with zero attached hydrogens (tertiary/aromatic N) is 6. The van der Waals surface area contributed by atoms with Crippen molar-refractivity contribution in [2.24, 2.45) is 0 Å². The van der Waals surface area contributed by atoms with Crippen molar-refractivity contribution in [3.63, 3.8) is 0 Å². The molecule has 11 heteroatoms. The van der Waals surface area contributed by atoms with E-state index in [1.54, 1.807) is 25.5 Å². The van der Waals surface area contributed by atoms with Crippen molar-refractivity contribution >= 4 is 11.4 Å². The summed E-state index contributed by atoms with van der Waals surface area (Å²) in [5, 5.41) is 12.0. The number of carbonyl (C=O) groups excluding carboxylic acids is 1. The predicted molar refractivity (Wildman–Crippen MR) is 94.4 cm³/mol. The first kappa shape index (κ1) is 17.5. The number of carbonyl (C=O) groups is 1. The number of alkyl halides is 2. The second kappa shape index (κ2) is 6.47. The smallest absolute Gasteiger partial charge is 0.312 e. The molecule has 4 aromatic rings. The first-order chi connectivity index (χ1) is 14.0. The molecule has 0 saturated heterocycles. The second-order valence-electron chi connectivity index (χ2n) is 6.71. The van der Waals surface area contributed by atoms with Gasteiger partial charge >= 0.3 is 11.8 Å². The van der Waals surface area contributed by atoms with Crippen LogP contribution in [0.25, 0.3) is 5.52 Å². The van der Waals surface area contributed by atoms with Gasteiger partial charge in [-0.05, 0) is 18.2 Å². The number of halogens is 2. The van der Waals surface area contributed by atoms with Crippen LogP contribution >= 0.6 is 0 Å². The van der Waals surface area contributed by atoms with Crippen LogP contribution in [0.15, 0.2) is 35.1 Å². The van der Waals surface area contributed by atoms with Gasteiger partial charge in [0, 0.05) is 37.3 Å². The molecule has 0 radical (unpaired) electrons.